The second-order valence-corrected chi connectivity index (χ2v) is 3.95. The van der Waals surface area contributed by atoms with E-state index in [2.05, 4.69) is 6.92 Å². The Kier molecular flexibility index (Phi) is 1.91. The van der Waals surface area contributed by atoms with Gasteiger partial charge in [-0.3, -0.25) is 0 Å². The largest absolute Gasteiger partial charge is 0.443 e. The average molecular weight is 190 g/mol. The molecular weight excluding hydrogens is 178 g/mol. The van der Waals surface area contributed by atoms with Gasteiger partial charge in [-0.2, -0.15) is 0 Å². The second-order valence-electron chi connectivity index (χ2n) is 3.64. The van der Waals surface area contributed by atoms with Gasteiger partial charge in [-0.15, -0.1) is 11.6 Å². The van der Waals surface area contributed by atoms with Crippen molar-refractivity contribution in [2.24, 2.45) is 5.92 Å². The molecule has 0 spiro atoms. The summed E-state index contributed by atoms with van der Waals surface area (Å²) in [6.45, 7) is 2.98. The van der Waals surface area contributed by atoms with Crippen LogP contribution in [0.2, 0.25) is 0 Å². The van der Waals surface area contributed by atoms with Crippen molar-refractivity contribution in [1.82, 2.24) is 4.90 Å². The molecule has 0 aromatic rings. The van der Waals surface area contributed by atoms with Gasteiger partial charge in [-0.25, -0.2) is 4.79 Å². The molecule has 2 heterocycles. The first kappa shape index (κ1) is 8.17. The molecule has 0 unspecified atom stereocenters. The number of fused-ring (bicyclic) bond motifs is 1. The Morgan fingerprint density at radius 3 is 3.17 bits per heavy atom. The minimum atomic E-state index is -0.185. The van der Waals surface area contributed by atoms with Crippen LogP contribution < -0.4 is 0 Å². The molecule has 2 fully saturated rings. The molecule has 1 amide bonds. The molecule has 0 radical (unpaired) electrons. The maximum absolute atomic E-state index is 11.2. The van der Waals surface area contributed by atoms with E-state index in [0.717, 1.165) is 13.0 Å². The highest BCUT2D eigenvalue weighted by Crippen LogP contribution is 2.32. The number of hydrogen-bond donors (Lipinski definition) is 0. The Labute approximate surface area is 76.6 Å². The van der Waals surface area contributed by atoms with Gasteiger partial charge in [0.25, 0.3) is 0 Å². The first-order chi connectivity index (χ1) is 5.72. The number of carbonyl (C=O) groups excluding carboxylic acids is 1. The highest BCUT2D eigenvalue weighted by atomic mass is 35.5. The minimum absolute atomic E-state index is 0.0795. The maximum Gasteiger partial charge on any atom is 0.410 e. The highest BCUT2D eigenvalue weighted by Gasteiger charge is 2.46. The van der Waals surface area contributed by atoms with Crippen LogP contribution in [0.3, 0.4) is 0 Å². The number of rotatable bonds is 1. The lowest BCUT2D eigenvalue weighted by molar-refractivity contribution is 0.133. The molecule has 3 nitrogen and oxygen atoms in total. The van der Waals surface area contributed by atoms with Crippen LogP contribution in [-0.4, -0.2) is 35.6 Å². The van der Waals surface area contributed by atoms with E-state index in [4.69, 9.17) is 16.3 Å². The Morgan fingerprint density at radius 2 is 2.50 bits per heavy atom. The molecule has 2 rings (SSSR count). The summed E-state index contributed by atoms with van der Waals surface area (Å²) in [6.07, 6.45) is 0.766. The third-order valence-electron chi connectivity index (χ3n) is 2.62. The second kappa shape index (κ2) is 2.80. The first-order valence-corrected chi connectivity index (χ1v) is 4.79. The van der Waals surface area contributed by atoms with Gasteiger partial charge in [-0.1, -0.05) is 6.92 Å². The van der Waals surface area contributed by atoms with E-state index in [1.807, 2.05) is 0 Å². The van der Waals surface area contributed by atoms with Crippen molar-refractivity contribution in [3.8, 4) is 0 Å². The van der Waals surface area contributed by atoms with Crippen molar-refractivity contribution in [3.05, 3.63) is 0 Å². The summed E-state index contributed by atoms with van der Waals surface area (Å²) in [4.78, 5) is 13.0. The number of hydrogen-bond acceptors (Lipinski definition) is 2. The lowest BCUT2D eigenvalue weighted by Crippen LogP contribution is -2.31. The molecule has 12 heavy (non-hydrogen) atoms. The molecule has 0 saturated carbocycles. The number of carbonyl (C=O) groups is 1. The molecule has 2 aliphatic heterocycles. The van der Waals surface area contributed by atoms with E-state index in [1.54, 1.807) is 4.90 Å². The van der Waals surface area contributed by atoms with Crippen LogP contribution in [0.15, 0.2) is 0 Å². The van der Waals surface area contributed by atoms with E-state index in [-0.39, 0.29) is 18.2 Å². The summed E-state index contributed by atoms with van der Waals surface area (Å²) in [7, 11) is 0. The fourth-order valence-corrected chi connectivity index (χ4v) is 2.33. The van der Waals surface area contributed by atoms with Crippen LogP contribution in [-0.2, 0) is 4.74 Å². The monoisotopic (exact) mass is 189 g/mol. The Bertz CT molecular complexity index is 209. The zero-order valence-electron chi connectivity index (χ0n) is 7.00. The average Bonchev–Trinajstić information content (AvgIpc) is 2.52. The molecule has 2 aliphatic rings. The smallest absolute Gasteiger partial charge is 0.410 e. The van der Waals surface area contributed by atoms with Crippen molar-refractivity contribution in [2.75, 3.05) is 12.4 Å². The first-order valence-electron chi connectivity index (χ1n) is 4.25. The Balaban J connectivity index is 2.13. The van der Waals surface area contributed by atoms with Crippen LogP contribution in [0.1, 0.15) is 13.3 Å². The summed E-state index contributed by atoms with van der Waals surface area (Å²) >= 11 is 5.68. The predicted octanol–water partition coefficient (Wildman–Crippen LogP) is 1.45. The number of nitrogens with zero attached hydrogens (tertiary/aromatic N) is 1. The SMILES string of the molecule is C[C@H]1C[C@@H]2[C@@H](CCl)OC(=O)N2C1. The molecule has 0 N–H and O–H groups in total. The number of alkyl halides is 1. The van der Waals surface area contributed by atoms with E-state index in [1.165, 1.54) is 0 Å². The van der Waals surface area contributed by atoms with Crippen LogP contribution in [0.5, 0.6) is 0 Å². The lowest BCUT2D eigenvalue weighted by Gasteiger charge is -2.12. The number of amides is 1. The summed E-state index contributed by atoms with van der Waals surface area (Å²) in [5.74, 6) is 1.01. The normalized spacial score (nSPS) is 40.0. The standard InChI is InChI=1S/C8H12ClNO2/c1-5-2-6-7(3-9)12-8(11)10(6)4-5/h5-7H,2-4H2,1H3/t5-,6+,7+/m0/s1. The molecule has 0 bridgehead atoms. The quantitative estimate of drug-likeness (QED) is 0.585. The third-order valence-corrected chi connectivity index (χ3v) is 2.92. The Morgan fingerprint density at radius 1 is 1.75 bits per heavy atom. The van der Waals surface area contributed by atoms with E-state index in [0.29, 0.717) is 11.8 Å². The number of ether oxygens (including phenoxy) is 1. The molecule has 4 heteroatoms. The van der Waals surface area contributed by atoms with Crippen molar-refractivity contribution in [2.45, 2.75) is 25.5 Å². The van der Waals surface area contributed by atoms with Gasteiger partial charge < -0.3 is 9.64 Å². The van der Waals surface area contributed by atoms with Crippen molar-refractivity contribution >= 4 is 17.7 Å². The fourth-order valence-electron chi connectivity index (χ4n) is 2.06. The van der Waals surface area contributed by atoms with Crippen LogP contribution in [0.4, 0.5) is 4.79 Å². The summed E-state index contributed by atoms with van der Waals surface area (Å²) < 4.78 is 5.08. The van der Waals surface area contributed by atoms with Crippen molar-refractivity contribution in [3.63, 3.8) is 0 Å². The van der Waals surface area contributed by atoms with Gasteiger partial charge >= 0.3 is 6.09 Å². The van der Waals surface area contributed by atoms with Gasteiger partial charge in [0.1, 0.15) is 6.10 Å². The minimum Gasteiger partial charge on any atom is -0.443 e. The van der Waals surface area contributed by atoms with Crippen LogP contribution in [0.25, 0.3) is 0 Å². The van der Waals surface area contributed by atoms with Crippen LogP contribution >= 0.6 is 11.6 Å². The summed E-state index contributed by atoms with van der Waals surface area (Å²) in [5, 5.41) is 0. The highest BCUT2D eigenvalue weighted by molar-refractivity contribution is 6.18. The molecule has 0 aromatic carbocycles. The van der Waals surface area contributed by atoms with Gasteiger partial charge in [0.05, 0.1) is 11.9 Å². The summed E-state index contributed by atoms with van der Waals surface area (Å²) in [5.41, 5.74) is 0. The summed E-state index contributed by atoms with van der Waals surface area (Å²) in [6, 6.07) is 0.241. The van der Waals surface area contributed by atoms with Crippen molar-refractivity contribution < 1.29 is 9.53 Å². The zero-order chi connectivity index (χ0) is 8.72. The lowest BCUT2D eigenvalue weighted by atomic mass is 10.1. The molecule has 68 valence electrons. The van der Waals surface area contributed by atoms with E-state index < -0.39 is 0 Å². The molecule has 2 saturated heterocycles. The van der Waals surface area contributed by atoms with Gasteiger partial charge in [0.15, 0.2) is 0 Å². The predicted molar refractivity (Wildman–Crippen MR) is 45.3 cm³/mol. The zero-order valence-corrected chi connectivity index (χ0v) is 7.75. The number of halogens is 1. The van der Waals surface area contributed by atoms with E-state index >= 15 is 0 Å². The Hall–Kier alpha value is -0.440. The number of cyclic esters (lactones) is 1. The maximum atomic E-state index is 11.2. The van der Waals surface area contributed by atoms with Gasteiger partial charge in [0, 0.05) is 6.54 Å². The van der Waals surface area contributed by atoms with Gasteiger partial charge in [-0.05, 0) is 12.3 Å². The molecular formula is C8H12ClNO2. The fraction of sp³-hybridized carbons (Fsp3) is 0.875. The molecule has 3 atom stereocenters. The molecule has 0 aromatic heterocycles. The molecule has 0 aliphatic carbocycles. The van der Waals surface area contributed by atoms with E-state index in [9.17, 15) is 4.79 Å². The topological polar surface area (TPSA) is 29.5 Å². The van der Waals surface area contributed by atoms with Crippen LogP contribution in [0, 0.1) is 5.92 Å². The van der Waals surface area contributed by atoms with Gasteiger partial charge in [0.2, 0.25) is 0 Å². The van der Waals surface area contributed by atoms with Crippen molar-refractivity contribution in [1.29, 1.82) is 0 Å². The third kappa shape index (κ3) is 1.07.